The molecule has 6 rings (SSSR count). The molecule has 0 unspecified atom stereocenters. The van der Waals surface area contributed by atoms with Crippen LogP contribution in [0.25, 0.3) is 53.4 Å². The van der Waals surface area contributed by atoms with Crippen LogP contribution in [0.4, 0.5) is 0 Å². The van der Waals surface area contributed by atoms with Crippen LogP contribution in [0.5, 0.6) is 0 Å². The Morgan fingerprint density at radius 3 is 2.43 bits per heavy atom. The maximum absolute atomic E-state index is 6.15. The predicted molar refractivity (Wildman–Crippen MR) is 119 cm³/mol. The number of fused-ring (bicyclic) bond motifs is 6. The first kappa shape index (κ1) is 15.8. The lowest BCUT2D eigenvalue weighted by atomic mass is 10.1. The molecule has 0 saturated heterocycles. The second kappa shape index (κ2) is 5.66. The van der Waals surface area contributed by atoms with E-state index in [1.54, 1.807) is 0 Å². The number of thiophene rings is 1. The van der Waals surface area contributed by atoms with Crippen LogP contribution in [-0.2, 0) is 0 Å². The Morgan fingerprint density at radius 1 is 0.750 bits per heavy atom. The molecule has 0 spiro atoms. The molecule has 0 bridgehead atoms. The number of aromatic nitrogens is 1. The minimum Gasteiger partial charge on any atom is -0.456 e. The van der Waals surface area contributed by atoms with Crippen LogP contribution >= 0.6 is 11.3 Å². The highest BCUT2D eigenvalue weighted by Gasteiger charge is 2.14. The van der Waals surface area contributed by atoms with Crippen molar-refractivity contribution >= 4 is 53.4 Å². The van der Waals surface area contributed by atoms with E-state index in [-0.39, 0.29) is 0 Å². The van der Waals surface area contributed by atoms with Gasteiger partial charge in [-0.2, -0.15) is 0 Å². The third-order valence-electron chi connectivity index (χ3n) is 5.44. The van der Waals surface area contributed by atoms with Gasteiger partial charge in [0.1, 0.15) is 11.2 Å². The van der Waals surface area contributed by atoms with Gasteiger partial charge in [-0.3, -0.25) is 4.98 Å². The van der Waals surface area contributed by atoms with Crippen LogP contribution in [-0.4, -0.2) is 4.98 Å². The Labute approximate surface area is 166 Å². The van der Waals surface area contributed by atoms with Gasteiger partial charge in [0.2, 0.25) is 0 Å². The van der Waals surface area contributed by atoms with Crippen molar-refractivity contribution in [2.45, 2.75) is 13.8 Å². The summed E-state index contributed by atoms with van der Waals surface area (Å²) in [4.78, 5) is 4.81. The lowest BCUT2D eigenvalue weighted by molar-refractivity contribution is 0.668. The van der Waals surface area contributed by atoms with Crippen molar-refractivity contribution in [2.24, 2.45) is 0 Å². The van der Waals surface area contributed by atoms with Crippen LogP contribution in [0.15, 0.2) is 71.3 Å². The van der Waals surface area contributed by atoms with Crippen LogP contribution in [0, 0.1) is 13.8 Å². The van der Waals surface area contributed by atoms with Gasteiger partial charge in [-0.05, 0) is 37.1 Å². The summed E-state index contributed by atoms with van der Waals surface area (Å²) in [5.74, 6) is 0. The zero-order valence-electron chi connectivity index (χ0n) is 15.6. The van der Waals surface area contributed by atoms with Crippen molar-refractivity contribution in [1.29, 1.82) is 0 Å². The summed E-state index contributed by atoms with van der Waals surface area (Å²) >= 11 is 1.84. The number of hydrogen-bond donors (Lipinski definition) is 0. The Balaban J connectivity index is 1.63. The molecule has 6 aromatic rings. The largest absolute Gasteiger partial charge is 0.456 e. The van der Waals surface area contributed by atoms with E-state index < -0.39 is 0 Å². The van der Waals surface area contributed by atoms with Gasteiger partial charge in [-0.15, -0.1) is 11.3 Å². The van der Waals surface area contributed by atoms with E-state index in [0.717, 1.165) is 33.2 Å². The van der Waals surface area contributed by atoms with Gasteiger partial charge in [0.25, 0.3) is 0 Å². The number of pyridine rings is 1. The minimum atomic E-state index is 0.888. The van der Waals surface area contributed by atoms with Crippen LogP contribution in [0.2, 0.25) is 0 Å². The predicted octanol–water partition coefficient (Wildman–Crippen LogP) is 7.63. The molecule has 3 heteroatoms. The molecule has 0 N–H and O–H groups in total. The van der Waals surface area contributed by atoms with Gasteiger partial charge in [-0.25, -0.2) is 0 Å². The zero-order valence-corrected chi connectivity index (χ0v) is 16.4. The van der Waals surface area contributed by atoms with Gasteiger partial charge in [0.15, 0.2) is 0 Å². The fraction of sp³-hybridized carbons (Fsp3) is 0.0800. The van der Waals surface area contributed by atoms with Gasteiger partial charge < -0.3 is 4.42 Å². The normalized spacial score (nSPS) is 11.9. The van der Waals surface area contributed by atoms with Crippen molar-refractivity contribution in [3.63, 3.8) is 0 Å². The Morgan fingerprint density at radius 2 is 1.54 bits per heavy atom. The molecule has 0 radical (unpaired) electrons. The summed E-state index contributed by atoms with van der Waals surface area (Å²) in [5, 5.41) is 4.79. The van der Waals surface area contributed by atoms with Crippen molar-refractivity contribution in [3.8, 4) is 11.3 Å². The average Bonchev–Trinajstić information content (AvgIpc) is 3.23. The Hall–Kier alpha value is -3.17. The molecule has 0 aliphatic carbocycles. The summed E-state index contributed by atoms with van der Waals surface area (Å²) in [5.41, 5.74) is 6.42. The molecule has 0 aliphatic heterocycles. The first-order valence-corrected chi connectivity index (χ1v) is 10.2. The summed E-state index contributed by atoms with van der Waals surface area (Å²) in [6.07, 6.45) is 1.95. The molecule has 134 valence electrons. The molecule has 0 atom stereocenters. The SMILES string of the molecule is Cc1ccc2c(c1)oc1cc(-c3cccc4c3sc3cc(C)ccc34)ncc12. The van der Waals surface area contributed by atoms with Crippen LogP contribution < -0.4 is 0 Å². The van der Waals surface area contributed by atoms with Gasteiger partial charge in [-0.1, -0.05) is 42.5 Å². The third-order valence-corrected chi connectivity index (χ3v) is 6.65. The Kier molecular flexibility index (Phi) is 3.21. The quantitative estimate of drug-likeness (QED) is 0.293. The first-order valence-electron chi connectivity index (χ1n) is 9.38. The second-order valence-electron chi connectivity index (χ2n) is 7.45. The van der Waals surface area contributed by atoms with Crippen molar-refractivity contribution in [1.82, 2.24) is 4.98 Å². The number of nitrogens with zero attached hydrogens (tertiary/aromatic N) is 1. The maximum atomic E-state index is 6.15. The fourth-order valence-corrected chi connectivity index (χ4v) is 5.36. The molecule has 3 aromatic carbocycles. The molecule has 0 fully saturated rings. The highest BCUT2D eigenvalue weighted by atomic mass is 32.1. The number of furan rings is 1. The molecular formula is C25H17NOS. The smallest absolute Gasteiger partial charge is 0.139 e. The van der Waals surface area contributed by atoms with E-state index in [0.29, 0.717) is 0 Å². The number of aryl methyl sites for hydroxylation is 2. The van der Waals surface area contributed by atoms with Gasteiger partial charge in [0, 0.05) is 48.8 Å². The standard InChI is InChI=1S/C25H17NOS/c1-14-6-8-16-20-13-26-21(12-23(20)27-22(16)10-14)19-5-3-4-18-17-9-7-15(2)11-24(17)28-25(18)19/h3-13H,1-2H3. The fourth-order valence-electron chi connectivity index (χ4n) is 4.03. The summed E-state index contributed by atoms with van der Waals surface area (Å²) in [6, 6.07) is 21.6. The number of hydrogen-bond acceptors (Lipinski definition) is 3. The monoisotopic (exact) mass is 379 g/mol. The van der Waals surface area contributed by atoms with Gasteiger partial charge in [0.05, 0.1) is 5.69 Å². The lowest BCUT2D eigenvalue weighted by Gasteiger charge is -2.02. The van der Waals surface area contributed by atoms with E-state index in [4.69, 9.17) is 9.40 Å². The molecule has 0 amide bonds. The summed E-state index contributed by atoms with van der Waals surface area (Å²) in [6.45, 7) is 4.23. The molecular weight excluding hydrogens is 362 g/mol. The van der Waals surface area contributed by atoms with E-state index in [1.165, 1.54) is 31.3 Å². The Bertz CT molecular complexity index is 1540. The molecule has 2 nitrogen and oxygen atoms in total. The topological polar surface area (TPSA) is 26.0 Å². The van der Waals surface area contributed by atoms with Crippen LogP contribution in [0.3, 0.4) is 0 Å². The highest BCUT2D eigenvalue weighted by Crippen LogP contribution is 2.40. The minimum absolute atomic E-state index is 0.888. The van der Waals surface area contributed by atoms with E-state index >= 15 is 0 Å². The molecule has 0 aliphatic rings. The maximum Gasteiger partial charge on any atom is 0.139 e. The molecule has 0 saturated carbocycles. The highest BCUT2D eigenvalue weighted by molar-refractivity contribution is 7.26. The van der Waals surface area contributed by atoms with Gasteiger partial charge >= 0.3 is 0 Å². The number of rotatable bonds is 1. The van der Waals surface area contributed by atoms with Crippen LogP contribution in [0.1, 0.15) is 11.1 Å². The van der Waals surface area contributed by atoms with E-state index in [9.17, 15) is 0 Å². The number of benzene rings is 3. The van der Waals surface area contributed by atoms with E-state index in [2.05, 4.69) is 74.5 Å². The van der Waals surface area contributed by atoms with E-state index in [1.807, 2.05) is 17.5 Å². The van der Waals surface area contributed by atoms with Crippen molar-refractivity contribution in [2.75, 3.05) is 0 Å². The summed E-state index contributed by atoms with van der Waals surface area (Å²) in [7, 11) is 0. The first-order chi connectivity index (χ1) is 13.7. The summed E-state index contributed by atoms with van der Waals surface area (Å²) < 4.78 is 8.75. The lowest BCUT2D eigenvalue weighted by Crippen LogP contribution is -1.83. The molecule has 28 heavy (non-hydrogen) atoms. The average molecular weight is 379 g/mol. The van der Waals surface area contributed by atoms with Crippen molar-refractivity contribution in [3.05, 3.63) is 78.0 Å². The molecule has 3 heterocycles. The molecule has 3 aromatic heterocycles. The second-order valence-corrected chi connectivity index (χ2v) is 8.50. The zero-order chi connectivity index (χ0) is 18.8. The third kappa shape index (κ3) is 2.23. The van der Waals surface area contributed by atoms with Crippen molar-refractivity contribution < 1.29 is 4.42 Å².